The molecule has 0 amide bonds. The van der Waals surface area contributed by atoms with Crippen LogP contribution < -0.4 is 0 Å². The summed E-state index contributed by atoms with van der Waals surface area (Å²) in [5.74, 6) is -0.387. The van der Waals surface area contributed by atoms with Gasteiger partial charge in [0.15, 0.2) is 0 Å². The molecule has 0 saturated carbocycles. The molecule has 0 spiro atoms. The van der Waals surface area contributed by atoms with Crippen LogP contribution in [0.2, 0.25) is 0 Å². The van der Waals surface area contributed by atoms with Crippen molar-refractivity contribution in [1.82, 2.24) is 0 Å². The largest absolute Gasteiger partial charge is 0.392 e. The van der Waals surface area contributed by atoms with E-state index in [2.05, 4.69) is 0 Å². The number of hydrogen-bond acceptors (Lipinski definition) is 2. The number of Topliss-reactive ketones (excluding diaryl/α,β-unsaturated/α-hetero) is 1. The molecule has 2 heteroatoms. The highest BCUT2D eigenvalue weighted by Gasteiger charge is 2.21. The predicted molar refractivity (Wildman–Crippen MR) is 51.5 cm³/mol. The van der Waals surface area contributed by atoms with Gasteiger partial charge in [-0.1, -0.05) is 30.3 Å². The molecule has 0 aliphatic heterocycles. The fourth-order valence-corrected chi connectivity index (χ4v) is 1.51. The lowest BCUT2D eigenvalue weighted by molar-refractivity contribution is -0.120. The van der Waals surface area contributed by atoms with Crippen molar-refractivity contribution in [3.05, 3.63) is 35.9 Å². The van der Waals surface area contributed by atoms with Gasteiger partial charge in [-0.15, -0.1) is 0 Å². The zero-order chi connectivity index (χ0) is 9.84. The molecule has 0 unspecified atom stereocenters. The molecule has 0 aliphatic carbocycles. The Morgan fingerprint density at radius 2 is 1.85 bits per heavy atom. The number of carbonyl (C=O) groups is 1. The third kappa shape index (κ3) is 2.39. The summed E-state index contributed by atoms with van der Waals surface area (Å²) < 4.78 is 0. The minimum Gasteiger partial charge on any atom is -0.392 e. The number of aliphatic hydroxyl groups is 1. The third-order valence-electron chi connectivity index (χ3n) is 2.08. The van der Waals surface area contributed by atoms with Crippen molar-refractivity contribution in [2.24, 2.45) is 0 Å². The van der Waals surface area contributed by atoms with Crippen LogP contribution >= 0.6 is 0 Å². The standard InChI is InChI=1S/C11H14O2/c1-8(12)11(9(2)13)10-6-4-3-5-7-10/h3-8,11-12H,1-2H3/t8-,11+/m1/s1. The number of hydrogen-bond donors (Lipinski definition) is 1. The van der Waals surface area contributed by atoms with Gasteiger partial charge in [0.2, 0.25) is 0 Å². The first-order chi connectivity index (χ1) is 6.13. The molecular weight excluding hydrogens is 164 g/mol. The Bertz CT molecular complexity index is 277. The van der Waals surface area contributed by atoms with E-state index in [1.165, 1.54) is 6.92 Å². The first-order valence-corrected chi connectivity index (χ1v) is 4.36. The van der Waals surface area contributed by atoms with E-state index in [-0.39, 0.29) is 11.7 Å². The first-order valence-electron chi connectivity index (χ1n) is 4.36. The van der Waals surface area contributed by atoms with Gasteiger partial charge >= 0.3 is 0 Å². The molecule has 0 heterocycles. The van der Waals surface area contributed by atoms with Gasteiger partial charge in [-0.25, -0.2) is 0 Å². The quantitative estimate of drug-likeness (QED) is 0.765. The molecule has 1 aromatic carbocycles. The van der Waals surface area contributed by atoms with Crippen LogP contribution in [0.5, 0.6) is 0 Å². The lowest BCUT2D eigenvalue weighted by atomic mass is 9.91. The van der Waals surface area contributed by atoms with Gasteiger partial charge < -0.3 is 5.11 Å². The Kier molecular flexibility index (Phi) is 3.20. The molecule has 1 rings (SSSR count). The molecule has 0 radical (unpaired) electrons. The minimum atomic E-state index is -0.625. The highest BCUT2D eigenvalue weighted by atomic mass is 16.3. The van der Waals surface area contributed by atoms with Crippen molar-refractivity contribution in [3.63, 3.8) is 0 Å². The fourth-order valence-electron chi connectivity index (χ4n) is 1.51. The molecule has 1 aromatic rings. The van der Waals surface area contributed by atoms with Gasteiger partial charge in [0, 0.05) is 0 Å². The monoisotopic (exact) mass is 178 g/mol. The van der Waals surface area contributed by atoms with Gasteiger partial charge in [0.25, 0.3) is 0 Å². The fraction of sp³-hybridized carbons (Fsp3) is 0.364. The van der Waals surface area contributed by atoms with Gasteiger partial charge in [-0.2, -0.15) is 0 Å². The molecule has 70 valence electrons. The van der Waals surface area contributed by atoms with E-state index >= 15 is 0 Å². The second kappa shape index (κ2) is 4.19. The maximum Gasteiger partial charge on any atom is 0.139 e. The van der Waals surface area contributed by atoms with Crippen LogP contribution in [0, 0.1) is 0 Å². The van der Waals surface area contributed by atoms with Crippen molar-refractivity contribution in [2.75, 3.05) is 0 Å². The summed E-state index contributed by atoms with van der Waals surface area (Å²) in [7, 11) is 0. The van der Waals surface area contributed by atoms with Crippen LogP contribution in [0.25, 0.3) is 0 Å². The van der Waals surface area contributed by atoms with Gasteiger partial charge in [0.05, 0.1) is 12.0 Å². The molecule has 2 atom stereocenters. The third-order valence-corrected chi connectivity index (χ3v) is 2.08. The second-order valence-corrected chi connectivity index (χ2v) is 3.24. The second-order valence-electron chi connectivity index (χ2n) is 3.24. The summed E-state index contributed by atoms with van der Waals surface area (Å²) in [6.45, 7) is 3.14. The molecule has 2 nitrogen and oxygen atoms in total. The maximum atomic E-state index is 11.2. The Morgan fingerprint density at radius 1 is 1.31 bits per heavy atom. The average molecular weight is 178 g/mol. The number of ketones is 1. The van der Waals surface area contributed by atoms with E-state index in [9.17, 15) is 9.90 Å². The molecule has 0 bridgehead atoms. The lowest BCUT2D eigenvalue weighted by Gasteiger charge is -2.16. The molecule has 0 saturated heterocycles. The van der Waals surface area contributed by atoms with Crippen molar-refractivity contribution in [3.8, 4) is 0 Å². The summed E-state index contributed by atoms with van der Waals surface area (Å²) in [6.07, 6.45) is -0.625. The zero-order valence-electron chi connectivity index (χ0n) is 7.90. The maximum absolute atomic E-state index is 11.2. The average Bonchev–Trinajstić information content (AvgIpc) is 2.04. The highest BCUT2D eigenvalue weighted by molar-refractivity contribution is 5.83. The van der Waals surface area contributed by atoms with E-state index in [1.807, 2.05) is 30.3 Å². The Balaban J connectivity index is 2.96. The van der Waals surface area contributed by atoms with Crippen molar-refractivity contribution in [2.45, 2.75) is 25.9 Å². The normalized spacial score (nSPS) is 15.0. The summed E-state index contributed by atoms with van der Waals surface area (Å²) in [4.78, 5) is 11.2. The molecule has 0 aliphatic rings. The first kappa shape index (κ1) is 9.93. The Morgan fingerprint density at radius 3 is 2.23 bits per heavy atom. The Labute approximate surface area is 78.2 Å². The number of carbonyl (C=O) groups excluding carboxylic acids is 1. The summed E-state index contributed by atoms with van der Waals surface area (Å²) in [5.41, 5.74) is 0.880. The van der Waals surface area contributed by atoms with Crippen LogP contribution in [0.1, 0.15) is 25.3 Å². The minimum absolute atomic E-state index is 0.00111. The molecule has 0 aromatic heterocycles. The van der Waals surface area contributed by atoms with Crippen LogP contribution in [-0.4, -0.2) is 17.0 Å². The van der Waals surface area contributed by atoms with Crippen LogP contribution in [0.4, 0.5) is 0 Å². The molecule has 13 heavy (non-hydrogen) atoms. The van der Waals surface area contributed by atoms with E-state index in [1.54, 1.807) is 6.92 Å². The highest BCUT2D eigenvalue weighted by Crippen LogP contribution is 2.20. The number of benzene rings is 1. The molecular formula is C11H14O2. The Hall–Kier alpha value is -1.15. The van der Waals surface area contributed by atoms with Crippen LogP contribution in [0.3, 0.4) is 0 Å². The SMILES string of the molecule is CC(=O)[C@@H](c1ccccc1)[C@@H](C)O. The summed E-state index contributed by atoms with van der Waals surface area (Å²) >= 11 is 0. The number of rotatable bonds is 3. The smallest absolute Gasteiger partial charge is 0.139 e. The van der Waals surface area contributed by atoms with Crippen LogP contribution in [-0.2, 0) is 4.79 Å². The van der Waals surface area contributed by atoms with Gasteiger partial charge in [-0.05, 0) is 19.4 Å². The van der Waals surface area contributed by atoms with Gasteiger partial charge in [0.1, 0.15) is 5.78 Å². The lowest BCUT2D eigenvalue weighted by Crippen LogP contribution is -2.21. The van der Waals surface area contributed by atoms with E-state index in [4.69, 9.17) is 0 Å². The topological polar surface area (TPSA) is 37.3 Å². The molecule has 0 fully saturated rings. The van der Waals surface area contributed by atoms with E-state index in [0.29, 0.717) is 0 Å². The van der Waals surface area contributed by atoms with Crippen molar-refractivity contribution >= 4 is 5.78 Å². The van der Waals surface area contributed by atoms with Crippen molar-refractivity contribution in [1.29, 1.82) is 0 Å². The van der Waals surface area contributed by atoms with Gasteiger partial charge in [-0.3, -0.25) is 4.79 Å². The van der Waals surface area contributed by atoms with Crippen molar-refractivity contribution < 1.29 is 9.90 Å². The van der Waals surface area contributed by atoms with E-state index < -0.39 is 6.10 Å². The van der Waals surface area contributed by atoms with E-state index in [0.717, 1.165) is 5.56 Å². The summed E-state index contributed by atoms with van der Waals surface area (Å²) in [5, 5.41) is 9.42. The van der Waals surface area contributed by atoms with Crippen LogP contribution in [0.15, 0.2) is 30.3 Å². The zero-order valence-corrected chi connectivity index (χ0v) is 7.90. The number of aliphatic hydroxyl groups excluding tert-OH is 1. The summed E-state index contributed by atoms with van der Waals surface area (Å²) in [6, 6.07) is 9.35. The molecule has 1 N–H and O–H groups in total. The predicted octanol–water partition coefficient (Wildman–Crippen LogP) is 1.74.